The van der Waals surface area contributed by atoms with Crippen molar-refractivity contribution >= 4 is 0 Å². The smallest absolute Gasteiger partial charge is 0.397 e. The summed E-state index contributed by atoms with van der Waals surface area (Å²) >= 11 is 0. The molecule has 0 atom stereocenters. The molecule has 0 aliphatic carbocycles. The Bertz CT molecular complexity index is 6.00. The second-order valence-corrected chi connectivity index (χ2v) is 0.316. The standard InChI is InChI=1S/C2H6O.Zr/c1-2-3;/h3H,2H2,1H3;/q;+3. The molecule has 0 aromatic heterocycles. The van der Waals surface area contributed by atoms with Crippen LogP contribution in [0.15, 0.2) is 0 Å². The predicted octanol–water partition coefficient (Wildman–Crippen LogP) is -0.00390. The van der Waals surface area contributed by atoms with E-state index in [2.05, 4.69) is 0 Å². The molecule has 0 heterocycles. The zero-order valence-corrected chi connectivity index (χ0v) is 5.11. The summed E-state index contributed by atoms with van der Waals surface area (Å²) in [5.74, 6) is 0. The minimum Gasteiger partial charge on any atom is -0.397 e. The summed E-state index contributed by atoms with van der Waals surface area (Å²) in [5, 5.41) is 7.57. The molecule has 0 rings (SSSR count). The summed E-state index contributed by atoms with van der Waals surface area (Å²) in [5.41, 5.74) is 0. The van der Waals surface area contributed by atoms with Gasteiger partial charge in [0.25, 0.3) is 0 Å². The first-order valence-electron chi connectivity index (χ1n) is 1.02. The predicted molar refractivity (Wildman–Crippen MR) is 12.8 cm³/mol. The van der Waals surface area contributed by atoms with Crippen LogP contribution in [0.2, 0.25) is 0 Å². The summed E-state index contributed by atoms with van der Waals surface area (Å²) in [7, 11) is 0. The summed E-state index contributed by atoms with van der Waals surface area (Å²) < 4.78 is 0. The summed E-state index contributed by atoms with van der Waals surface area (Å²) in [4.78, 5) is 0. The van der Waals surface area contributed by atoms with E-state index in [1.54, 1.807) is 6.92 Å². The van der Waals surface area contributed by atoms with Crippen molar-refractivity contribution in [2.75, 3.05) is 6.61 Å². The Hall–Kier alpha value is 0.843. The first kappa shape index (κ1) is 8.85. The van der Waals surface area contributed by atoms with E-state index >= 15 is 0 Å². The van der Waals surface area contributed by atoms with Crippen LogP contribution in [0.25, 0.3) is 0 Å². The number of rotatable bonds is 0. The SMILES string of the molecule is CCO.[Zr+3]. The van der Waals surface area contributed by atoms with Gasteiger partial charge in [-0.3, -0.25) is 0 Å². The minimum atomic E-state index is 0. The largest absolute Gasteiger partial charge is 3.00 e. The monoisotopic (exact) mass is 136 g/mol. The van der Waals surface area contributed by atoms with Gasteiger partial charge in [-0.2, -0.15) is 0 Å². The minimum absolute atomic E-state index is 0. The van der Waals surface area contributed by atoms with Crippen LogP contribution in [0.3, 0.4) is 0 Å². The second kappa shape index (κ2) is 9.14. The van der Waals surface area contributed by atoms with Crippen LogP contribution in [-0.4, -0.2) is 11.7 Å². The van der Waals surface area contributed by atoms with Crippen molar-refractivity contribution in [3.63, 3.8) is 0 Å². The zero-order chi connectivity index (χ0) is 2.71. The molecule has 0 saturated heterocycles. The van der Waals surface area contributed by atoms with Gasteiger partial charge in [0.1, 0.15) is 0 Å². The van der Waals surface area contributed by atoms with Crippen molar-refractivity contribution in [2.45, 2.75) is 6.92 Å². The Morgan fingerprint density at radius 2 is 1.75 bits per heavy atom. The average molecular weight is 137 g/mol. The van der Waals surface area contributed by atoms with Crippen LogP contribution in [-0.2, 0) is 26.2 Å². The maximum absolute atomic E-state index is 7.57. The third-order valence-corrected chi connectivity index (χ3v) is 0. The van der Waals surface area contributed by atoms with Gasteiger partial charge in [-0.1, -0.05) is 0 Å². The van der Waals surface area contributed by atoms with Crippen molar-refractivity contribution in [3.05, 3.63) is 0 Å². The van der Waals surface area contributed by atoms with Crippen LogP contribution in [0.5, 0.6) is 0 Å². The van der Waals surface area contributed by atoms with Gasteiger partial charge in [0, 0.05) is 6.61 Å². The first-order valence-corrected chi connectivity index (χ1v) is 1.02. The molecule has 0 aliphatic heterocycles. The summed E-state index contributed by atoms with van der Waals surface area (Å²) in [6.45, 7) is 1.93. The zero-order valence-electron chi connectivity index (χ0n) is 2.65. The molecule has 21 valence electrons. The van der Waals surface area contributed by atoms with E-state index in [0.29, 0.717) is 0 Å². The van der Waals surface area contributed by atoms with E-state index in [-0.39, 0.29) is 32.8 Å². The number of hydrogen-bond acceptors (Lipinski definition) is 1. The third-order valence-electron chi connectivity index (χ3n) is 0. The molecular formula is C2H6OZr+3. The number of aliphatic hydroxyl groups excluding tert-OH is 1. The molecule has 0 aromatic carbocycles. The molecule has 1 nitrogen and oxygen atoms in total. The van der Waals surface area contributed by atoms with Crippen LogP contribution < -0.4 is 0 Å². The summed E-state index contributed by atoms with van der Waals surface area (Å²) in [6.07, 6.45) is 0. The molecule has 1 radical (unpaired) electrons. The van der Waals surface area contributed by atoms with E-state index in [4.69, 9.17) is 5.11 Å². The van der Waals surface area contributed by atoms with Gasteiger partial charge in [0.05, 0.1) is 0 Å². The number of hydrogen-bond donors (Lipinski definition) is 1. The van der Waals surface area contributed by atoms with Crippen LogP contribution in [0.1, 0.15) is 6.92 Å². The van der Waals surface area contributed by atoms with Gasteiger partial charge in [0.15, 0.2) is 0 Å². The van der Waals surface area contributed by atoms with Gasteiger partial charge in [0.2, 0.25) is 0 Å². The van der Waals surface area contributed by atoms with Gasteiger partial charge < -0.3 is 5.11 Å². The molecule has 2 heteroatoms. The fourth-order valence-corrected chi connectivity index (χ4v) is 0. The molecular weight excluding hydrogens is 131 g/mol. The molecule has 4 heavy (non-hydrogen) atoms. The molecule has 0 fully saturated rings. The quantitative estimate of drug-likeness (QED) is 0.498. The maximum Gasteiger partial charge on any atom is 3.00 e. The van der Waals surface area contributed by atoms with E-state index in [9.17, 15) is 0 Å². The molecule has 0 amide bonds. The van der Waals surface area contributed by atoms with Gasteiger partial charge in [-0.15, -0.1) is 0 Å². The summed E-state index contributed by atoms with van der Waals surface area (Å²) in [6, 6.07) is 0. The molecule has 0 bridgehead atoms. The van der Waals surface area contributed by atoms with Crippen LogP contribution in [0.4, 0.5) is 0 Å². The van der Waals surface area contributed by atoms with Crippen LogP contribution >= 0.6 is 0 Å². The van der Waals surface area contributed by atoms with Gasteiger partial charge >= 0.3 is 26.2 Å². The Morgan fingerprint density at radius 3 is 1.75 bits per heavy atom. The molecule has 0 unspecified atom stereocenters. The molecule has 0 saturated carbocycles. The molecule has 0 aromatic rings. The van der Waals surface area contributed by atoms with E-state index in [0.717, 1.165) is 0 Å². The Balaban J connectivity index is 0. The maximum atomic E-state index is 7.57. The van der Waals surface area contributed by atoms with Crippen LogP contribution in [0, 0.1) is 0 Å². The van der Waals surface area contributed by atoms with Gasteiger partial charge in [-0.25, -0.2) is 0 Å². The number of aliphatic hydroxyl groups is 1. The fourth-order valence-electron chi connectivity index (χ4n) is 0. The molecule has 1 N–H and O–H groups in total. The van der Waals surface area contributed by atoms with Crippen molar-refractivity contribution < 1.29 is 31.3 Å². The van der Waals surface area contributed by atoms with Crippen molar-refractivity contribution in [3.8, 4) is 0 Å². The van der Waals surface area contributed by atoms with E-state index < -0.39 is 0 Å². The second-order valence-electron chi connectivity index (χ2n) is 0.316. The van der Waals surface area contributed by atoms with Crippen molar-refractivity contribution in [1.82, 2.24) is 0 Å². The van der Waals surface area contributed by atoms with Crippen molar-refractivity contribution in [2.24, 2.45) is 0 Å². The first-order chi connectivity index (χ1) is 1.41. The van der Waals surface area contributed by atoms with Gasteiger partial charge in [-0.05, 0) is 6.92 Å². The van der Waals surface area contributed by atoms with E-state index in [1.165, 1.54) is 0 Å². The Kier molecular flexibility index (Phi) is 20.2. The Morgan fingerprint density at radius 1 is 1.75 bits per heavy atom. The topological polar surface area (TPSA) is 20.2 Å². The van der Waals surface area contributed by atoms with Crippen molar-refractivity contribution in [1.29, 1.82) is 0 Å². The normalized spacial score (nSPS) is 4.50. The Labute approximate surface area is 45.1 Å². The van der Waals surface area contributed by atoms with E-state index in [1.807, 2.05) is 0 Å². The third kappa shape index (κ3) is 13.6. The average Bonchev–Trinajstić information content (AvgIpc) is 0.918. The molecule has 0 spiro atoms. The fraction of sp³-hybridized carbons (Fsp3) is 1.00. The molecule has 0 aliphatic rings.